The Hall–Kier alpha value is -1.66. The monoisotopic (exact) mass is 253 g/mol. The molecular formula is C11H15N3O2S. The molecule has 92 valence electrons. The number of nitrogens with one attached hydrogen (secondary N) is 2. The minimum atomic E-state index is 0.229. The topological polar surface area (TPSA) is 65.9 Å². The number of methoxy groups -OCH3 is 1. The van der Waals surface area contributed by atoms with Gasteiger partial charge in [-0.3, -0.25) is 5.43 Å². The number of phenolic OH excluding ortho intramolecular Hbond substituents is 1. The molecule has 6 heteroatoms. The predicted octanol–water partition coefficient (Wildman–Crippen LogP) is 0.837. The van der Waals surface area contributed by atoms with E-state index in [0.717, 1.165) is 5.56 Å². The minimum Gasteiger partial charge on any atom is -0.508 e. The van der Waals surface area contributed by atoms with Gasteiger partial charge in [-0.1, -0.05) is 0 Å². The van der Waals surface area contributed by atoms with Crippen molar-refractivity contribution >= 4 is 23.5 Å². The third-order valence-electron chi connectivity index (χ3n) is 1.86. The Morgan fingerprint density at radius 3 is 2.82 bits per heavy atom. The fourth-order valence-corrected chi connectivity index (χ4v) is 1.19. The second kappa shape index (κ2) is 7.59. The fraction of sp³-hybridized carbons (Fsp3) is 0.273. The molecule has 0 amide bonds. The highest BCUT2D eigenvalue weighted by Gasteiger charge is 1.92. The maximum atomic E-state index is 9.09. The molecule has 0 atom stereocenters. The van der Waals surface area contributed by atoms with E-state index >= 15 is 0 Å². The maximum Gasteiger partial charge on any atom is 0.187 e. The summed E-state index contributed by atoms with van der Waals surface area (Å²) in [6.45, 7) is 1.22. The number of nitrogens with zero attached hydrogens (tertiary/aromatic N) is 1. The zero-order chi connectivity index (χ0) is 12.5. The van der Waals surface area contributed by atoms with E-state index in [1.807, 2.05) is 0 Å². The summed E-state index contributed by atoms with van der Waals surface area (Å²) in [4.78, 5) is 0. The van der Waals surface area contributed by atoms with E-state index in [9.17, 15) is 0 Å². The molecule has 0 spiro atoms. The van der Waals surface area contributed by atoms with Crippen LogP contribution in [0.25, 0.3) is 0 Å². The van der Waals surface area contributed by atoms with E-state index in [-0.39, 0.29) is 5.75 Å². The van der Waals surface area contributed by atoms with Crippen LogP contribution in [-0.2, 0) is 4.74 Å². The summed E-state index contributed by atoms with van der Waals surface area (Å²) in [6.07, 6.45) is 1.61. The molecule has 17 heavy (non-hydrogen) atoms. The van der Waals surface area contributed by atoms with Gasteiger partial charge in [0, 0.05) is 13.7 Å². The zero-order valence-electron chi connectivity index (χ0n) is 9.51. The number of hydrazone groups is 1. The highest BCUT2D eigenvalue weighted by atomic mass is 32.1. The third-order valence-corrected chi connectivity index (χ3v) is 2.10. The summed E-state index contributed by atoms with van der Waals surface area (Å²) in [5.74, 6) is 0.229. The Morgan fingerprint density at radius 1 is 1.47 bits per heavy atom. The first-order valence-electron chi connectivity index (χ1n) is 5.07. The van der Waals surface area contributed by atoms with Crippen molar-refractivity contribution in [1.82, 2.24) is 10.7 Å². The van der Waals surface area contributed by atoms with Gasteiger partial charge in [-0.25, -0.2) is 0 Å². The predicted molar refractivity (Wildman–Crippen MR) is 71.3 cm³/mol. The molecule has 3 N–H and O–H groups in total. The maximum absolute atomic E-state index is 9.09. The van der Waals surface area contributed by atoms with Gasteiger partial charge in [0.05, 0.1) is 12.8 Å². The molecule has 0 aliphatic carbocycles. The van der Waals surface area contributed by atoms with Crippen molar-refractivity contribution in [2.24, 2.45) is 5.10 Å². The van der Waals surface area contributed by atoms with E-state index in [4.69, 9.17) is 22.1 Å². The number of phenols is 1. The van der Waals surface area contributed by atoms with Crippen LogP contribution < -0.4 is 10.7 Å². The van der Waals surface area contributed by atoms with Crippen molar-refractivity contribution in [2.45, 2.75) is 0 Å². The van der Waals surface area contributed by atoms with Gasteiger partial charge in [-0.15, -0.1) is 0 Å². The summed E-state index contributed by atoms with van der Waals surface area (Å²) in [6, 6.07) is 6.69. The lowest BCUT2D eigenvalue weighted by Crippen LogP contribution is -2.34. The number of ether oxygens (including phenoxy) is 1. The molecule has 0 radical (unpaired) electrons. The first-order valence-corrected chi connectivity index (χ1v) is 5.48. The summed E-state index contributed by atoms with van der Waals surface area (Å²) >= 11 is 4.97. The molecule has 0 unspecified atom stereocenters. The van der Waals surface area contributed by atoms with Crippen LogP contribution in [0.1, 0.15) is 5.56 Å². The molecule has 0 saturated carbocycles. The van der Waals surface area contributed by atoms with E-state index < -0.39 is 0 Å². The Morgan fingerprint density at radius 2 is 2.18 bits per heavy atom. The van der Waals surface area contributed by atoms with Crippen molar-refractivity contribution in [3.05, 3.63) is 29.8 Å². The highest BCUT2D eigenvalue weighted by Crippen LogP contribution is 2.07. The summed E-state index contributed by atoms with van der Waals surface area (Å²) in [5.41, 5.74) is 3.55. The second-order valence-corrected chi connectivity index (χ2v) is 3.62. The third kappa shape index (κ3) is 5.84. The molecule has 5 nitrogen and oxygen atoms in total. The van der Waals surface area contributed by atoms with Gasteiger partial charge in [0.2, 0.25) is 0 Å². The minimum absolute atomic E-state index is 0.229. The Balaban J connectivity index is 2.29. The van der Waals surface area contributed by atoms with E-state index in [0.29, 0.717) is 18.3 Å². The molecule has 0 fully saturated rings. The largest absolute Gasteiger partial charge is 0.508 e. The molecule has 1 aromatic carbocycles. The van der Waals surface area contributed by atoms with Crippen LogP contribution in [0, 0.1) is 0 Å². The smallest absolute Gasteiger partial charge is 0.187 e. The summed E-state index contributed by atoms with van der Waals surface area (Å²) in [5, 5.41) is 16.4. The van der Waals surface area contributed by atoms with Crippen LogP contribution in [0.15, 0.2) is 29.4 Å². The van der Waals surface area contributed by atoms with Crippen molar-refractivity contribution < 1.29 is 9.84 Å². The normalized spacial score (nSPS) is 10.4. The first kappa shape index (κ1) is 13.4. The van der Waals surface area contributed by atoms with Crippen molar-refractivity contribution in [1.29, 1.82) is 0 Å². The average Bonchev–Trinajstić information content (AvgIpc) is 2.32. The SMILES string of the molecule is COCCNC(=S)NN=Cc1ccc(O)cc1. The Kier molecular flexibility index (Phi) is 5.98. The number of rotatable bonds is 5. The van der Waals surface area contributed by atoms with Crippen LogP contribution >= 0.6 is 12.2 Å². The highest BCUT2D eigenvalue weighted by molar-refractivity contribution is 7.80. The molecule has 0 aliphatic heterocycles. The lowest BCUT2D eigenvalue weighted by molar-refractivity contribution is 0.204. The van der Waals surface area contributed by atoms with Crippen LogP contribution in [0.4, 0.5) is 0 Å². The van der Waals surface area contributed by atoms with Gasteiger partial charge in [0.25, 0.3) is 0 Å². The summed E-state index contributed by atoms with van der Waals surface area (Å²) < 4.78 is 4.87. The molecule has 0 bridgehead atoms. The first-order chi connectivity index (χ1) is 8.22. The standard InChI is InChI=1S/C11H15N3O2S/c1-16-7-6-12-11(17)14-13-8-9-2-4-10(15)5-3-9/h2-5,8,15H,6-7H2,1H3,(H2,12,14,17). The van der Waals surface area contributed by atoms with Gasteiger partial charge < -0.3 is 15.2 Å². The second-order valence-electron chi connectivity index (χ2n) is 3.21. The lowest BCUT2D eigenvalue weighted by atomic mass is 10.2. The lowest BCUT2D eigenvalue weighted by Gasteiger charge is -2.05. The number of hydrogen-bond donors (Lipinski definition) is 3. The molecule has 0 aromatic heterocycles. The quantitative estimate of drug-likeness (QED) is 0.314. The zero-order valence-corrected chi connectivity index (χ0v) is 10.3. The van der Waals surface area contributed by atoms with Crippen LogP contribution in [-0.4, -0.2) is 36.7 Å². The Labute approximate surface area is 105 Å². The van der Waals surface area contributed by atoms with Crippen LogP contribution in [0.3, 0.4) is 0 Å². The van der Waals surface area contributed by atoms with Crippen molar-refractivity contribution in [2.75, 3.05) is 20.3 Å². The number of thiocarbonyl (C=S) groups is 1. The molecule has 1 rings (SSSR count). The molecule has 1 aromatic rings. The molecule has 0 aliphatic rings. The Bertz CT molecular complexity index is 379. The van der Waals surface area contributed by atoms with Gasteiger partial charge in [0.15, 0.2) is 5.11 Å². The molecular weight excluding hydrogens is 238 g/mol. The van der Waals surface area contributed by atoms with Crippen LogP contribution in [0.2, 0.25) is 0 Å². The van der Waals surface area contributed by atoms with Gasteiger partial charge >= 0.3 is 0 Å². The van der Waals surface area contributed by atoms with Gasteiger partial charge in [-0.05, 0) is 42.0 Å². The average molecular weight is 253 g/mol. The molecule has 0 saturated heterocycles. The van der Waals surface area contributed by atoms with E-state index in [2.05, 4.69) is 15.8 Å². The summed E-state index contributed by atoms with van der Waals surface area (Å²) in [7, 11) is 1.63. The number of hydrogen-bond acceptors (Lipinski definition) is 4. The fourth-order valence-electron chi connectivity index (χ4n) is 1.03. The van der Waals surface area contributed by atoms with Crippen molar-refractivity contribution in [3.8, 4) is 5.75 Å². The van der Waals surface area contributed by atoms with Gasteiger partial charge in [-0.2, -0.15) is 5.10 Å². The van der Waals surface area contributed by atoms with Crippen molar-refractivity contribution in [3.63, 3.8) is 0 Å². The van der Waals surface area contributed by atoms with Crippen LogP contribution in [0.5, 0.6) is 5.75 Å². The number of aromatic hydroxyl groups is 1. The number of benzene rings is 1. The van der Waals surface area contributed by atoms with E-state index in [1.165, 1.54) is 0 Å². The molecule has 0 heterocycles. The van der Waals surface area contributed by atoms with E-state index in [1.54, 1.807) is 37.6 Å². The van der Waals surface area contributed by atoms with Gasteiger partial charge in [0.1, 0.15) is 5.75 Å².